The molecule has 1 aliphatic carbocycles. The molecule has 51 heavy (non-hydrogen) atoms. The first-order valence-electron chi connectivity index (χ1n) is 16.7. The third kappa shape index (κ3) is 4.93. The van der Waals surface area contributed by atoms with Crippen LogP contribution in [0.15, 0.2) is 133 Å². The highest BCUT2D eigenvalue weighted by Crippen LogP contribution is 2.41. The zero-order chi connectivity index (χ0) is 35.1. The van der Waals surface area contributed by atoms with Crippen molar-refractivity contribution < 1.29 is 0 Å². The number of allylic oxidation sites excluding steroid dienone is 5. The summed E-state index contributed by atoms with van der Waals surface area (Å²) >= 11 is 0. The summed E-state index contributed by atoms with van der Waals surface area (Å²) in [7, 11) is 0. The van der Waals surface area contributed by atoms with E-state index in [1.807, 2.05) is 97.9 Å². The highest BCUT2D eigenvalue weighted by atomic mass is 15.0. The van der Waals surface area contributed by atoms with E-state index in [1.165, 1.54) is 0 Å². The van der Waals surface area contributed by atoms with Crippen LogP contribution in [0.1, 0.15) is 47.3 Å². The summed E-state index contributed by atoms with van der Waals surface area (Å²) in [6.45, 7) is 1.94. The Bertz CT molecular complexity index is 2840. The second-order valence-electron chi connectivity index (χ2n) is 12.5. The van der Waals surface area contributed by atoms with Crippen molar-refractivity contribution in [2.75, 3.05) is 0 Å². The van der Waals surface area contributed by atoms with Crippen molar-refractivity contribution in [2.45, 2.75) is 19.4 Å². The van der Waals surface area contributed by atoms with E-state index in [9.17, 15) is 15.8 Å². The Morgan fingerprint density at radius 2 is 1.51 bits per heavy atom. The molecular formula is C46H29N5. The van der Waals surface area contributed by atoms with Crippen LogP contribution in [-0.4, -0.2) is 9.13 Å². The molecule has 1 aliphatic rings. The fourth-order valence-electron chi connectivity index (χ4n) is 7.61. The molecule has 238 valence electrons. The molecule has 0 fully saturated rings. The minimum Gasteiger partial charge on any atom is -0.326 e. The van der Waals surface area contributed by atoms with Crippen LogP contribution in [0.3, 0.4) is 0 Å². The van der Waals surface area contributed by atoms with E-state index < -0.39 is 0 Å². The van der Waals surface area contributed by atoms with Crippen molar-refractivity contribution in [3.05, 3.63) is 161 Å². The van der Waals surface area contributed by atoms with Gasteiger partial charge in [0.15, 0.2) is 0 Å². The van der Waals surface area contributed by atoms with Crippen LogP contribution in [0.5, 0.6) is 0 Å². The van der Waals surface area contributed by atoms with Gasteiger partial charge >= 0.3 is 0 Å². The molecule has 0 spiro atoms. The molecule has 7 aromatic rings. The van der Waals surface area contributed by atoms with Gasteiger partial charge in [-0.1, -0.05) is 90.9 Å². The molecule has 0 aliphatic heterocycles. The third-order valence-electron chi connectivity index (χ3n) is 9.75. The van der Waals surface area contributed by atoms with Crippen LogP contribution in [0.2, 0.25) is 0 Å². The van der Waals surface area contributed by atoms with Crippen LogP contribution in [0, 0.1) is 46.3 Å². The number of hydrogen-bond acceptors (Lipinski definition) is 3. The second kappa shape index (κ2) is 12.6. The van der Waals surface area contributed by atoms with Gasteiger partial charge in [-0.05, 0) is 78.6 Å². The van der Waals surface area contributed by atoms with Gasteiger partial charge in [0.05, 0.1) is 63.2 Å². The van der Waals surface area contributed by atoms with E-state index in [0.29, 0.717) is 28.8 Å². The predicted octanol–water partition coefficient (Wildman–Crippen LogP) is 10.6. The minimum absolute atomic E-state index is 0.176. The molecule has 0 amide bonds. The number of fused-ring (bicyclic) bond motifs is 4. The summed E-state index contributed by atoms with van der Waals surface area (Å²) in [5.74, 6) is 2.92. The number of nitriles is 3. The van der Waals surface area contributed by atoms with E-state index in [1.54, 1.807) is 0 Å². The van der Waals surface area contributed by atoms with E-state index in [0.717, 1.165) is 66.2 Å². The fourth-order valence-corrected chi connectivity index (χ4v) is 7.61. The summed E-state index contributed by atoms with van der Waals surface area (Å²) in [5.41, 5.74) is 11.1. The van der Waals surface area contributed by atoms with E-state index in [4.69, 9.17) is 6.42 Å². The maximum absolute atomic E-state index is 10.3. The molecule has 1 atom stereocenters. The monoisotopic (exact) mass is 651 g/mol. The van der Waals surface area contributed by atoms with Gasteiger partial charge in [-0.25, -0.2) is 0 Å². The smallest absolute Gasteiger partial charge is 0.101 e. The van der Waals surface area contributed by atoms with Gasteiger partial charge in [0, 0.05) is 27.3 Å². The molecule has 0 bridgehead atoms. The third-order valence-corrected chi connectivity index (χ3v) is 9.75. The van der Waals surface area contributed by atoms with Crippen LogP contribution in [-0.2, 0) is 0 Å². The van der Waals surface area contributed by atoms with Crippen molar-refractivity contribution in [3.63, 3.8) is 0 Å². The van der Waals surface area contributed by atoms with Gasteiger partial charge in [0.25, 0.3) is 0 Å². The zero-order valence-corrected chi connectivity index (χ0v) is 27.8. The molecule has 0 saturated carbocycles. The topological polar surface area (TPSA) is 81.2 Å². The number of rotatable bonds is 5. The predicted molar refractivity (Wildman–Crippen MR) is 206 cm³/mol. The Hall–Kier alpha value is -7.31. The lowest BCUT2D eigenvalue weighted by molar-refractivity contribution is 0.624. The number of para-hydroxylation sites is 2. The molecule has 2 aromatic heterocycles. The highest BCUT2D eigenvalue weighted by Gasteiger charge is 2.25. The summed E-state index contributed by atoms with van der Waals surface area (Å²) in [6.07, 6.45) is 14.8. The average Bonchev–Trinajstić information content (AvgIpc) is 3.69. The van der Waals surface area contributed by atoms with Crippen LogP contribution in [0.4, 0.5) is 0 Å². The molecule has 5 nitrogen and oxygen atoms in total. The Morgan fingerprint density at radius 3 is 2.31 bits per heavy atom. The van der Waals surface area contributed by atoms with Crippen molar-refractivity contribution in [1.29, 1.82) is 15.8 Å². The molecule has 1 unspecified atom stereocenters. The van der Waals surface area contributed by atoms with Crippen LogP contribution >= 0.6 is 0 Å². The number of terminal acetylenes is 1. The van der Waals surface area contributed by atoms with Crippen molar-refractivity contribution in [1.82, 2.24) is 9.13 Å². The molecule has 5 heteroatoms. The lowest BCUT2D eigenvalue weighted by atomic mass is 9.88. The number of nitrogens with zero attached hydrogens (tertiary/aromatic N) is 5. The summed E-state index contributed by atoms with van der Waals surface area (Å²) < 4.78 is 4.40. The first kappa shape index (κ1) is 31.0. The van der Waals surface area contributed by atoms with Crippen molar-refractivity contribution >= 4 is 44.4 Å². The van der Waals surface area contributed by atoms with Gasteiger partial charge in [0.2, 0.25) is 0 Å². The largest absolute Gasteiger partial charge is 0.326 e. The first-order valence-corrected chi connectivity index (χ1v) is 16.7. The lowest BCUT2D eigenvalue weighted by Gasteiger charge is -2.23. The Labute approximate surface area is 296 Å². The highest BCUT2D eigenvalue weighted by molar-refractivity contribution is 6.10. The summed E-state index contributed by atoms with van der Waals surface area (Å²) in [5, 5.41) is 32.9. The van der Waals surface area contributed by atoms with Crippen molar-refractivity contribution in [2.24, 2.45) is 0 Å². The van der Waals surface area contributed by atoms with Crippen LogP contribution < -0.4 is 0 Å². The van der Waals surface area contributed by atoms with Gasteiger partial charge in [0.1, 0.15) is 5.69 Å². The van der Waals surface area contributed by atoms with E-state index in [-0.39, 0.29) is 6.04 Å². The lowest BCUT2D eigenvalue weighted by Crippen LogP contribution is -2.12. The molecular weight excluding hydrogens is 623 g/mol. The number of hydrogen-bond donors (Lipinski definition) is 0. The molecule has 0 saturated heterocycles. The number of benzene rings is 5. The van der Waals surface area contributed by atoms with Gasteiger partial charge in [-0.3, -0.25) is 0 Å². The second-order valence-corrected chi connectivity index (χ2v) is 12.5. The van der Waals surface area contributed by atoms with E-state index in [2.05, 4.69) is 75.7 Å². The summed E-state index contributed by atoms with van der Waals surface area (Å²) in [6, 6.07) is 43.4. The Morgan fingerprint density at radius 1 is 0.745 bits per heavy atom. The quantitative estimate of drug-likeness (QED) is 0.174. The standard InChI is InChI=1S/C46H29N5/c1-3-11-38-41(4-2)50(45-19-10-14-34(29-49)46(38)45)35-22-21-33(28-48)39(26-35)32-13-9-12-31(25-32)36-15-5-7-17-42(36)51-43-18-8-6-16-37(43)40-24-30(27-47)20-23-44(40)51/h2-3,5-21,23-26,35H,22H2,1H3/b11-3-. The van der Waals surface area contributed by atoms with E-state index >= 15 is 0 Å². The van der Waals surface area contributed by atoms with Gasteiger partial charge in [-0.15, -0.1) is 6.42 Å². The average molecular weight is 652 g/mol. The fraction of sp³-hybridized carbons (Fsp3) is 0.0652. The Balaban J connectivity index is 1.29. The van der Waals surface area contributed by atoms with Crippen molar-refractivity contribution in [3.8, 4) is 47.4 Å². The SMILES string of the molecule is C#Cc1c(/C=C\C)c2c(C#N)cccc2n1C1C=C(c2cccc(-c3ccccc3-n3c4ccccc4c4cc(C#N)ccc43)c2)C(C#N)=CC1. The van der Waals surface area contributed by atoms with Gasteiger partial charge < -0.3 is 9.13 Å². The molecule has 2 heterocycles. The minimum atomic E-state index is -0.176. The molecule has 5 aromatic carbocycles. The van der Waals surface area contributed by atoms with Gasteiger partial charge in [-0.2, -0.15) is 15.8 Å². The maximum Gasteiger partial charge on any atom is 0.101 e. The number of aromatic nitrogens is 2. The normalized spacial score (nSPS) is 14.2. The zero-order valence-electron chi connectivity index (χ0n) is 27.8. The van der Waals surface area contributed by atoms with Crippen LogP contribution in [0.25, 0.3) is 61.2 Å². The Kier molecular flexibility index (Phi) is 7.67. The maximum atomic E-state index is 10.3. The molecule has 0 N–H and O–H groups in total. The molecule has 8 rings (SSSR count). The molecule has 0 radical (unpaired) electrons. The summed E-state index contributed by atoms with van der Waals surface area (Å²) in [4.78, 5) is 0. The first-order chi connectivity index (χ1) is 25.1.